The third-order valence-electron chi connectivity index (χ3n) is 5.59. The second-order valence-electron chi connectivity index (χ2n) is 7.88. The first-order valence-electron chi connectivity index (χ1n) is 11.3. The zero-order valence-electron chi connectivity index (χ0n) is 19.9. The van der Waals surface area contributed by atoms with Crippen LogP contribution in [-0.2, 0) is 18.4 Å². The lowest BCUT2D eigenvalue weighted by Gasteiger charge is -2.20. The molecule has 0 aliphatic heterocycles. The molecule has 0 aliphatic carbocycles. The molecule has 9 nitrogen and oxygen atoms in total. The van der Waals surface area contributed by atoms with Crippen LogP contribution in [0.1, 0.15) is 30.8 Å². The summed E-state index contributed by atoms with van der Waals surface area (Å²) < 4.78 is 15.1. The maximum absolute atomic E-state index is 13.1. The SMILES string of the molecule is CCOc1ccc(-c2n[nH]c(=S)n2CCC(=O)NC(c2cccc(OC)c2)c2nccn2C)cc1. The molecule has 2 aromatic heterocycles. The number of H-pyrrole nitrogens is 1. The number of methoxy groups -OCH3 is 1. The van der Waals surface area contributed by atoms with Crippen molar-refractivity contribution in [2.24, 2.45) is 7.05 Å². The van der Waals surface area contributed by atoms with Crippen LogP contribution >= 0.6 is 12.2 Å². The molecule has 0 saturated heterocycles. The van der Waals surface area contributed by atoms with E-state index in [0.29, 0.717) is 29.5 Å². The average Bonchev–Trinajstić information content (AvgIpc) is 3.47. The number of carbonyl (C=O) groups excluding carboxylic acids is 1. The van der Waals surface area contributed by atoms with E-state index in [1.54, 1.807) is 13.3 Å². The first-order chi connectivity index (χ1) is 17.0. The van der Waals surface area contributed by atoms with Gasteiger partial charge in [0, 0.05) is 38.0 Å². The van der Waals surface area contributed by atoms with Crippen LogP contribution in [0.5, 0.6) is 11.5 Å². The van der Waals surface area contributed by atoms with Gasteiger partial charge in [-0.3, -0.25) is 14.5 Å². The smallest absolute Gasteiger partial charge is 0.222 e. The molecular weight excluding hydrogens is 464 g/mol. The van der Waals surface area contributed by atoms with Crippen LogP contribution in [0.4, 0.5) is 0 Å². The topological polar surface area (TPSA) is 99.0 Å². The highest BCUT2D eigenvalue weighted by Gasteiger charge is 2.21. The van der Waals surface area contributed by atoms with Crippen LogP contribution in [0.25, 0.3) is 11.4 Å². The number of aryl methyl sites for hydroxylation is 1. The van der Waals surface area contributed by atoms with Gasteiger partial charge in [-0.15, -0.1) is 0 Å². The number of hydrogen-bond acceptors (Lipinski definition) is 6. The molecule has 10 heteroatoms. The molecule has 182 valence electrons. The van der Waals surface area contributed by atoms with Gasteiger partial charge in [0.2, 0.25) is 5.91 Å². The van der Waals surface area contributed by atoms with Gasteiger partial charge in [-0.05, 0) is 61.1 Å². The predicted octanol–water partition coefficient (Wildman–Crippen LogP) is 4.04. The Kier molecular flexibility index (Phi) is 7.61. The van der Waals surface area contributed by atoms with Crippen LogP contribution in [0.2, 0.25) is 0 Å². The van der Waals surface area contributed by atoms with E-state index < -0.39 is 6.04 Å². The molecule has 1 unspecified atom stereocenters. The van der Waals surface area contributed by atoms with Gasteiger partial charge >= 0.3 is 0 Å². The summed E-state index contributed by atoms with van der Waals surface area (Å²) in [5.41, 5.74) is 1.76. The Balaban J connectivity index is 1.51. The molecule has 0 radical (unpaired) electrons. The Bertz CT molecular complexity index is 1340. The van der Waals surface area contributed by atoms with Crippen molar-refractivity contribution >= 4 is 18.1 Å². The van der Waals surface area contributed by atoms with Crippen molar-refractivity contribution in [3.05, 3.63) is 77.1 Å². The number of rotatable bonds is 10. The lowest BCUT2D eigenvalue weighted by Crippen LogP contribution is -2.31. The van der Waals surface area contributed by atoms with Gasteiger partial charge in [-0.1, -0.05) is 12.1 Å². The number of carbonyl (C=O) groups is 1. The lowest BCUT2D eigenvalue weighted by molar-refractivity contribution is -0.121. The zero-order chi connectivity index (χ0) is 24.8. The third kappa shape index (κ3) is 5.60. The second kappa shape index (κ2) is 11.0. The molecule has 0 bridgehead atoms. The predicted molar refractivity (Wildman–Crippen MR) is 135 cm³/mol. The van der Waals surface area contributed by atoms with E-state index in [9.17, 15) is 4.79 Å². The summed E-state index contributed by atoms with van der Waals surface area (Å²) in [6.07, 6.45) is 3.77. The van der Waals surface area contributed by atoms with Crippen molar-refractivity contribution in [1.29, 1.82) is 0 Å². The van der Waals surface area contributed by atoms with Crippen LogP contribution < -0.4 is 14.8 Å². The average molecular weight is 493 g/mol. The van der Waals surface area contributed by atoms with Gasteiger partial charge in [0.25, 0.3) is 0 Å². The standard InChI is InChI=1S/C25H28N6O3S/c1-4-34-19-10-8-17(9-11-19)23-28-29-25(35)31(23)14-12-21(32)27-22(24-26-13-15-30(24)2)18-6-5-7-20(16-18)33-3/h5-11,13,15-16,22H,4,12,14H2,1-3H3,(H,27,32)(H,29,35). The minimum absolute atomic E-state index is 0.137. The maximum atomic E-state index is 13.1. The first-order valence-corrected chi connectivity index (χ1v) is 11.7. The molecule has 1 atom stereocenters. The van der Waals surface area contributed by atoms with Gasteiger partial charge < -0.3 is 19.4 Å². The van der Waals surface area contributed by atoms with E-state index in [2.05, 4.69) is 20.5 Å². The number of nitrogens with one attached hydrogen (secondary N) is 2. The van der Waals surface area contributed by atoms with Gasteiger partial charge in [0.15, 0.2) is 10.6 Å². The number of ether oxygens (including phenoxy) is 2. The normalized spacial score (nSPS) is 11.7. The molecular formula is C25H28N6O3S. The quantitative estimate of drug-likeness (QED) is 0.324. The van der Waals surface area contributed by atoms with Crippen molar-refractivity contribution in [3.63, 3.8) is 0 Å². The van der Waals surface area contributed by atoms with Gasteiger partial charge in [0.05, 0.1) is 13.7 Å². The summed E-state index contributed by atoms with van der Waals surface area (Å²) in [5, 5.41) is 10.3. The van der Waals surface area contributed by atoms with Crippen LogP contribution in [-0.4, -0.2) is 43.9 Å². The van der Waals surface area contributed by atoms with E-state index in [0.717, 1.165) is 22.7 Å². The Morgan fingerprint density at radius 1 is 1.20 bits per heavy atom. The second-order valence-corrected chi connectivity index (χ2v) is 8.27. The van der Waals surface area contributed by atoms with Gasteiger partial charge in [-0.2, -0.15) is 5.10 Å². The molecule has 0 fully saturated rings. The summed E-state index contributed by atoms with van der Waals surface area (Å²) in [4.78, 5) is 17.5. The monoisotopic (exact) mass is 492 g/mol. The van der Waals surface area contributed by atoms with Crippen molar-refractivity contribution in [2.75, 3.05) is 13.7 Å². The minimum atomic E-state index is -0.430. The van der Waals surface area contributed by atoms with Crippen molar-refractivity contribution < 1.29 is 14.3 Å². The highest BCUT2D eigenvalue weighted by molar-refractivity contribution is 7.71. The number of imidazole rings is 1. The minimum Gasteiger partial charge on any atom is -0.497 e. The summed E-state index contributed by atoms with van der Waals surface area (Å²) in [7, 11) is 3.51. The van der Waals surface area contributed by atoms with E-state index in [4.69, 9.17) is 21.7 Å². The number of aromatic amines is 1. The van der Waals surface area contributed by atoms with Crippen molar-refractivity contribution in [3.8, 4) is 22.9 Å². The van der Waals surface area contributed by atoms with E-state index in [1.807, 2.05) is 77.8 Å². The molecule has 2 heterocycles. The molecule has 1 amide bonds. The number of hydrogen-bond donors (Lipinski definition) is 2. The molecule has 0 spiro atoms. The highest BCUT2D eigenvalue weighted by Crippen LogP contribution is 2.25. The number of nitrogens with zero attached hydrogens (tertiary/aromatic N) is 4. The van der Waals surface area contributed by atoms with Gasteiger partial charge in [0.1, 0.15) is 23.4 Å². The van der Waals surface area contributed by atoms with E-state index in [1.165, 1.54) is 0 Å². The molecule has 0 aliphatic rings. The fraction of sp³-hybridized carbons (Fsp3) is 0.280. The Hall–Kier alpha value is -3.92. The van der Waals surface area contributed by atoms with Crippen LogP contribution in [0.15, 0.2) is 60.9 Å². The maximum Gasteiger partial charge on any atom is 0.222 e. The van der Waals surface area contributed by atoms with Crippen LogP contribution in [0.3, 0.4) is 0 Å². The van der Waals surface area contributed by atoms with Crippen LogP contribution in [0, 0.1) is 4.77 Å². The van der Waals surface area contributed by atoms with E-state index in [-0.39, 0.29) is 12.3 Å². The zero-order valence-corrected chi connectivity index (χ0v) is 20.7. The molecule has 2 N–H and O–H groups in total. The summed E-state index contributed by atoms with van der Waals surface area (Å²) in [6, 6.07) is 14.8. The molecule has 2 aromatic carbocycles. The summed E-state index contributed by atoms with van der Waals surface area (Å²) >= 11 is 5.43. The number of amides is 1. The Morgan fingerprint density at radius 2 is 2.00 bits per heavy atom. The molecule has 0 saturated carbocycles. The summed E-state index contributed by atoms with van der Waals surface area (Å²) in [5.74, 6) is 2.75. The molecule has 4 rings (SSSR count). The fourth-order valence-electron chi connectivity index (χ4n) is 3.83. The van der Waals surface area contributed by atoms with Crippen molar-refractivity contribution in [1.82, 2.24) is 29.6 Å². The van der Waals surface area contributed by atoms with Crippen molar-refractivity contribution in [2.45, 2.75) is 25.9 Å². The first kappa shape index (κ1) is 24.2. The Morgan fingerprint density at radius 3 is 2.69 bits per heavy atom. The molecule has 4 aromatic rings. The highest BCUT2D eigenvalue weighted by atomic mass is 32.1. The Labute approximate surface area is 208 Å². The number of aromatic nitrogens is 5. The largest absolute Gasteiger partial charge is 0.497 e. The summed E-state index contributed by atoms with van der Waals surface area (Å²) in [6.45, 7) is 2.91. The fourth-order valence-corrected chi connectivity index (χ4v) is 4.06. The number of benzene rings is 2. The third-order valence-corrected chi connectivity index (χ3v) is 5.91. The molecule has 35 heavy (non-hydrogen) atoms. The van der Waals surface area contributed by atoms with E-state index >= 15 is 0 Å². The lowest BCUT2D eigenvalue weighted by atomic mass is 10.1. The van der Waals surface area contributed by atoms with Gasteiger partial charge in [-0.25, -0.2) is 4.98 Å².